The summed E-state index contributed by atoms with van der Waals surface area (Å²) in [6, 6.07) is 7.56. The van der Waals surface area contributed by atoms with E-state index >= 15 is 0 Å². The summed E-state index contributed by atoms with van der Waals surface area (Å²) in [5, 5.41) is 7.52. The molecule has 0 unspecified atom stereocenters. The number of rotatable bonds is 4. The van der Waals surface area contributed by atoms with Crippen LogP contribution in [0.5, 0.6) is 0 Å². The van der Waals surface area contributed by atoms with Gasteiger partial charge in [-0.3, -0.25) is 9.89 Å². The van der Waals surface area contributed by atoms with Gasteiger partial charge in [0.25, 0.3) is 0 Å². The highest BCUT2D eigenvalue weighted by atomic mass is 19.4. The van der Waals surface area contributed by atoms with E-state index in [0.29, 0.717) is 30.6 Å². The molecular weight excluding hydrogens is 497 g/mol. The van der Waals surface area contributed by atoms with Gasteiger partial charge in [0.05, 0.1) is 5.92 Å². The minimum Gasteiger partial charge on any atom is -0.323 e. The number of nitrogens with zero attached hydrogens (tertiary/aromatic N) is 5. The van der Waals surface area contributed by atoms with E-state index in [-0.39, 0.29) is 30.3 Å². The molecule has 2 aliphatic carbocycles. The Balaban J connectivity index is 0.868. The smallest absolute Gasteiger partial charge is 0.323 e. The lowest BCUT2D eigenvalue weighted by molar-refractivity contribution is -0.182. The van der Waals surface area contributed by atoms with Crippen LogP contribution in [0.3, 0.4) is 0 Å². The van der Waals surface area contributed by atoms with Gasteiger partial charge in [0.1, 0.15) is 5.82 Å². The quantitative estimate of drug-likeness (QED) is 0.638. The van der Waals surface area contributed by atoms with Crippen molar-refractivity contribution in [3.63, 3.8) is 0 Å². The van der Waals surface area contributed by atoms with Crippen molar-refractivity contribution in [3.8, 4) is 0 Å². The average Bonchev–Trinajstić information content (AvgIpc) is 3.54. The molecule has 8 nitrogen and oxygen atoms in total. The first kappa shape index (κ1) is 24.0. The van der Waals surface area contributed by atoms with Crippen LogP contribution in [0.4, 0.5) is 23.7 Å². The van der Waals surface area contributed by atoms with Gasteiger partial charge in [-0.05, 0) is 49.8 Å². The number of H-pyrrole nitrogens is 1. The highest BCUT2D eigenvalue weighted by Gasteiger charge is 2.56. The zero-order valence-electron chi connectivity index (χ0n) is 21.1. The number of carbonyl (C=O) groups is 2. The maximum Gasteiger partial charge on any atom is 0.392 e. The van der Waals surface area contributed by atoms with Gasteiger partial charge in [-0.2, -0.15) is 18.3 Å². The Hall–Kier alpha value is -3.11. The number of anilines is 1. The van der Waals surface area contributed by atoms with Crippen molar-refractivity contribution in [1.82, 2.24) is 25.0 Å². The number of alkyl halides is 3. The third kappa shape index (κ3) is 4.14. The molecule has 38 heavy (non-hydrogen) atoms. The highest BCUT2D eigenvalue weighted by molar-refractivity contribution is 5.94. The van der Waals surface area contributed by atoms with Crippen LogP contribution in [0.1, 0.15) is 73.5 Å². The molecule has 202 valence electrons. The van der Waals surface area contributed by atoms with E-state index in [2.05, 4.69) is 10.2 Å². The van der Waals surface area contributed by atoms with Crippen molar-refractivity contribution in [1.29, 1.82) is 0 Å². The first-order valence-corrected chi connectivity index (χ1v) is 13.6. The van der Waals surface area contributed by atoms with E-state index in [1.165, 1.54) is 17.7 Å². The second-order valence-electron chi connectivity index (χ2n) is 12.1. The summed E-state index contributed by atoms with van der Waals surface area (Å²) in [7, 11) is 0. The van der Waals surface area contributed by atoms with Crippen LogP contribution >= 0.6 is 0 Å². The molecular formula is C27H31F3N6O2. The molecule has 2 saturated carbocycles. The van der Waals surface area contributed by atoms with Crippen molar-refractivity contribution in [2.24, 2.45) is 11.3 Å². The highest BCUT2D eigenvalue weighted by Crippen LogP contribution is 2.56. The molecule has 7 rings (SSSR count). The summed E-state index contributed by atoms with van der Waals surface area (Å²) in [6.45, 7) is 2.99. The molecule has 1 atom stereocenters. The molecule has 1 aromatic carbocycles. The largest absolute Gasteiger partial charge is 0.392 e. The summed E-state index contributed by atoms with van der Waals surface area (Å²) in [5.41, 5.74) is 1.94. The maximum absolute atomic E-state index is 13.0. The van der Waals surface area contributed by atoms with Crippen molar-refractivity contribution >= 4 is 17.6 Å². The number of piperidine rings is 1. The van der Waals surface area contributed by atoms with Crippen LogP contribution in [0.25, 0.3) is 0 Å². The summed E-state index contributed by atoms with van der Waals surface area (Å²) in [6.07, 6.45) is -0.392. The first-order chi connectivity index (χ1) is 18.2. The van der Waals surface area contributed by atoms with Crippen molar-refractivity contribution in [2.45, 2.75) is 62.5 Å². The summed E-state index contributed by atoms with van der Waals surface area (Å²) in [5.74, 6) is 1.15. The van der Waals surface area contributed by atoms with Gasteiger partial charge in [0.2, 0.25) is 5.91 Å². The molecule has 5 fully saturated rings. The number of nitrogens with one attached hydrogen (secondary N) is 1. The molecule has 4 heterocycles. The Morgan fingerprint density at radius 2 is 1.68 bits per heavy atom. The van der Waals surface area contributed by atoms with E-state index in [4.69, 9.17) is 4.98 Å². The molecule has 3 aliphatic heterocycles. The molecule has 1 spiro atoms. The van der Waals surface area contributed by atoms with E-state index in [0.717, 1.165) is 43.1 Å². The number of aromatic nitrogens is 3. The van der Waals surface area contributed by atoms with Crippen LogP contribution in [0.2, 0.25) is 0 Å². The lowest BCUT2D eigenvalue weighted by atomic mass is 9.57. The first-order valence-electron chi connectivity index (χ1n) is 13.6. The minimum absolute atomic E-state index is 0.0730. The summed E-state index contributed by atoms with van der Waals surface area (Å²) in [4.78, 5) is 35.2. The third-order valence-corrected chi connectivity index (χ3v) is 9.25. The van der Waals surface area contributed by atoms with Gasteiger partial charge in [-0.1, -0.05) is 12.1 Å². The molecule has 0 radical (unpaired) electrons. The second kappa shape index (κ2) is 8.44. The Morgan fingerprint density at radius 1 is 0.974 bits per heavy atom. The fourth-order valence-corrected chi connectivity index (χ4v) is 6.69. The number of likely N-dealkylation sites (tertiary alicyclic amines) is 2. The van der Waals surface area contributed by atoms with Crippen LogP contribution in [-0.2, 0) is 4.79 Å². The third-order valence-electron chi connectivity index (χ3n) is 9.25. The summed E-state index contributed by atoms with van der Waals surface area (Å²) >= 11 is 0. The Morgan fingerprint density at radius 3 is 2.32 bits per heavy atom. The minimum atomic E-state index is -4.33. The van der Waals surface area contributed by atoms with Crippen molar-refractivity contribution in [3.05, 3.63) is 41.5 Å². The lowest BCUT2D eigenvalue weighted by Crippen LogP contribution is -2.67. The van der Waals surface area contributed by atoms with Gasteiger partial charge in [0.15, 0.2) is 5.82 Å². The van der Waals surface area contributed by atoms with E-state index in [1.807, 2.05) is 21.9 Å². The number of aromatic amines is 1. The lowest BCUT2D eigenvalue weighted by Gasteiger charge is -2.59. The predicted molar refractivity (Wildman–Crippen MR) is 132 cm³/mol. The zero-order valence-corrected chi connectivity index (χ0v) is 21.1. The molecule has 11 heteroatoms. The monoisotopic (exact) mass is 528 g/mol. The molecule has 0 bridgehead atoms. The maximum atomic E-state index is 13.0. The number of amides is 3. The van der Waals surface area contributed by atoms with Crippen molar-refractivity contribution < 1.29 is 22.8 Å². The fourth-order valence-electron chi connectivity index (χ4n) is 6.69. The van der Waals surface area contributed by atoms with Crippen molar-refractivity contribution in [2.75, 3.05) is 37.6 Å². The molecule has 3 saturated heterocycles. The number of urea groups is 1. The molecule has 3 amide bonds. The summed E-state index contributed by atoms with van der Waals surface area (Å²) < 4.78 is 38.9. The van der Waals surface area contributed by atoms with Gasteiger partial charge in [-0.25, -0.2) is 9.78 Å². The average molecular weight is 529 g/mol. The number of benzene rings is 1. The Kier molecular flexibility index (Phi) is 5.33. The number of hydrogen-bond acceptors (Lipinski definition) is 4. The van der Waals surface area contributed by atoms with Crippen LogP contribution in [-0.4, -0.2) is 75.8 Å². The van der Waals surface area contributed by atoms with Crippen LogP contribution in [0.15, 0.2) is 24.3 Å². The standard InChI is InChI=1S/C27H31F3N6O2/c28-27(29,30)20-7-8-36(22(37)9-20)21-5-3-16(4-6-21)19-12-34(13-19)25(38)35-14-26(15-35)10-18(11-26)24-31-23(32-33-24)17-1-2-17/h3-6,17-20H,1-2,7-15H2,(H,31,32,33)/t20-/m1/s1. The zero-order chi connectivity index (χ0) is 26.2. The number of halogens is 3. The van der Waals surface area contributed by atoms with Gasteiger partial charge < -0.3 is 14.7 Å². The SMILES string of the molecule is O=C(N1CC(c2ccc(N3CC[C@@H](C(F)(F)F)CC3=O)cc2)C1)N1CC2(CC(c3n[nH]c(C4CC4)n3)C2)C1. The Labute approximate surface area is 218 Å². The van der Waals surface area contributed by atoms with E-state index < -0.39 is 24.4 Å². The molecule has 2 aromatic rings. The number of carbonyl (C=O) groups excluding carboxylic acids is 2. The fraction of sp³-hybridized carbons (Fsp3) is 0.630. The molecule has 5 aliphatic rings. The van der Waals surface area contributed by atoms with Gasteiger partial charge >= 0.3 is 12.2 Å². The van der Waals surface area contributed by atoms with E-state index in [9.17, 15) is 22.8 Å². The van der Waals surface area contributed by atoms with Gasteiger partial charge in [0, 0.05) is 68.0 Å². The predicted octanol–water partition coefficient (Wildman–Crippen LogP) is 4.39. The molecule has 1 N–H and O–H groups in total. The number of hydrogen-bond donors (Lipinski definition) is 1. The normalized spacial score (nSPS) is 25.8. The topological polar surface area (TPSA) is 85.4 Å². The van der Waals surface area contributed by atoms with Crippen LogP contribution < -0.4 is 4.90 Å². The van der Waals surface area contributed by atoms with Crippen LogP contribution in [0, 0.1) is 11.3 Å². The van der Waals surface area contributed by atoms with E-state index in [1.54, 1.807) is 12.1 Å². The molecule has 1 aromatic heterocycles. The second-order valence-corrected chi connectivity index (χ2v) is 12.1. The van der Waals surface area contributed by atoms with Gasteiger partial charge in [-0.15, -0.1) is 0 Å². The Bertz CT molecular complexity index is 1240.